The van der Waals surface area contributed by atoms with E-state index in [4.69, 9.17) is 11.5 Å². The van der Waals surface area contributed by atoms with E-state index in [-0.39, 0.29) is 30.7 Å². The number of aliphatic carboxylic acids is 1. The first-order chi connectivity index (χ1) is 20.1. The van der Waals surface area contributed by atoms with Crippen LogP contribution in [0.15, 0.2) is 54.7 Å². The van der Waals surface area contributed by atoms with E-state index >= 15 is 0 Å². The van der Waals surface area contributed by atoms with Gasteiger partial charge in [0.2, 0.25) is 11.9 Å². The summed E-state index contributed by atoms with van der Waals surface area (Å²) in [4.78, 5) is 59.2. The molecule has 0 bridgehead atoms. The molecule has 13 heteroatoms. The summed E-state index contributed by atoms with van der Waals surface area (Å²) in [6, 6.07) is 12.2. The van der Waals surface area contributed by atoms with Gasteiger partial charge in [-0.25, -0.2) is 4.79 Å². The lowest BCUT2D eigenvalue weighted by atomic mass is 10.0. The molecule has 0 spiro atoms. The zero-order valence-electron chi connectivity index (χ0n) is 22.9. The van der Waals surface area contributed by atoms with E-state index in [9.17, 15) is 24.3 Å². The van der Waals surface area contributed by atoms with Crippen molar-refractivity contribution in [2.45, 2.75) is 38.6 Å². The maximum Gasteiger partial charge on any atom is 0.326 e. The number of rotatable bonds is 12. The van der Waals surface area contributed by atoms with Crippen molar-refractivity contribution in [1.82, 2.24) is 25.6 Å². The second-order valence-electron chi connectivity index (χ2n) is 9.72. The highest BCUT2D eigenvalue weighted by molar-refractivity contribution is 5.97. The van der Waals surface area contributed by atoms with Crippen LogP contribution in [0.25, 0.3) is 11.0 Å². The van der Waals surface area contributed by atoms with E-state index < -0.39 is 17.9 Å². The molecule has 4 aromatic rings. The molecule has 2 aromatic carbocycles. The summed E-state index contributed by atoms with van der Waals surface area (Å²) >= 11 is 0. The highest BCUT2D eigenvalue weighted by Crippen LogP contribution is 2.24. The second kappa shape index (κ2) is 13.3. The Bertz CT molecular complexity index is 1600. The van der Waals surface area contributed by atoms with E-state index in [2.05, 4.69) is 30.9 Å². The molecule has 9 N–H and O–H groups in total. The van der Waals surface area contributed by atoms with Gasteiger partial charge in [0.15, 0.2) is 0 Å². The van der Waals surface area contributed by atoms with Gasteiger partial charge in [-0.15, -0.1) is 0 Å². The van der Waals surface area contributed by atoms with Crippen molar-refractivity contribution in [2.24, 2.45) is 0 Å². The number of carboxylic acids is 1. The van der Waals surface area contributed by atoms with Crippen LogP contribution in [-0.4, -0.2) is 56.3 Å². The fourth-order valence-corrected chi connectivity index (χ4v) is 4.46. The van der Waals surface area contributed by atoms with Crippen molar-refractivity contribution >= 4 is 52.2 Å². The Kier molecular flexibility index (Phi) is 9.32. The molecule has 3 amide bonds. The predicted octanol–water partition coefficient (Wildman–Crippen LogP) is 2.26. The maximum absolute atomic E-state index is 12.7. The number of nitrogens with one attached hydrogen (secondary N) is 4. The first-order valence-corrected chi connectivity index (χ1v) is 13.3. The highest BCUT2D eigenvalue weighted by atomic mass is 16.4. The molecule has 42 heavy (non-hydrogen) atoms. The first-order valence-electron chi connectivity index (χ1n) is 13.3. The number of nitrogens with zero attached hydrogens (tertiary/aromatic N) is 2. The van der Waals surface area contributed by atoms with E-state index in [1.165, 1.54) is 6.92 Å². The van der Waals surface area contributed by atoms with Gasteiger partial charge in [-0.2, -0.15) is 9.97 Å². The highest BCUT2D eigenvalue weighted by Gasteiger charge is 2.20. The summed E-state index contributed by atoms with van der Waals surface area (Å²) in [5, 5.41) is 18.2. The molecule has 2 heterocycles. The van der Waals surface area contributed by atoms with E-state index in [0.29, 0.717) is 47.5 Å². The number of amides is 3. The summed E-state index contributed by atoms with van der Waals surface area (Å²) in [7, 11) is 0. The van der Waals surface area contributed by atoms with Gasteiger partial charge in [-0.1, -0.05) is 12.1 Å². The third kappa shape index (κ3) is 7.59. The Labute approximate surface area is 241 Å². The SMILES string of the molecule is CC(=O)Nc1ccc(C(=O)NCCC[C@H](NC(=O)c2ccc(CCc3c[nH]c4nc(N)nc(N)c34)cc2)C(=O)O)cc1. The number of nitrogen functional groups attached to an aromatic ring is 2. The number of H-pyrrole nitrogens is 1. The lowest BCUT2D eigenvalue weighted by Gasteiger charge is -2.15. The average molecular weight is 573 g/mol. The van der Waals surface area contributed by atoms with Crippen LogP contribution in [-0.2, 0) is 22.4 Å². The van der Waals surface area contributed by atoms with Crippen molar-refractivity contribution in [3.8, 4) is 0 Å². The topological polar surface area (TPSA) is 218 Å². The number of benzene rings is 2. The molecule has 4 rings (SSSR count). The third-order valence-electron chi connectivity index (χ3n) is 6.58. The molecule has 0 radical (unpaired) electrons. The molecule has 0 fully saturated rings. The number of nitrogens with two attached hydrogens (primary N) is 2. The number of anilines is 3. The summed E-state index contributed by atoms with van der Waals surface area (Å²) in [5.74, 6) is -1.80. The van der Waals surface area contributed by atoms with Crippen LogP contribution in [0, 0.1) is 0 Å². The molecule has 218 valence electrons. The Morgan fingerprint density at radius 2 is 1.60 bits per heavy atom. The van der Waals surface area contributed by atoms with E-state index in [1.807, 2.05) is 18.3 Å². The first kappa shape index (κ1) is 29.5. The fourth-order valence-electron chi connectivity index (χ4n) is 4.46. The minimum absolute atomic E-state index is 0.0993. The number of hydrogen-bond donors (Lipinski definition) is 7. The molecule has 0 unspecified atom stereocenters. The predicted molar refractivity (Wildman–Crippen MR) is 158 cm³/mol. The minimum Gasteiger partial charge on any atom is -0.480 e. The number of aromatic amines is 1. The molecule has 0 saturated carbocycles. The quantitative estimate of drug-likeness (QED) is 0.124. The molecule has 2 aromatic heterocycles. The normalized spacial score (nSPS) is 11.5. The van der Waals surface area contributed by atoms with Crippen LogP contribution in [0.2, 0.25) is 0 Å². The zero-order valence-corrected chi connectivity index (χ0v) is 22.9. The summed E-state index contributed by atoms with van der Waals surface area (Å²) < 4.78 is 0. The number of aromatic nitrogens is 3. The standard InChI is InChI=1S/C29H32N8O5/c1-16(38)34-21-12-10-18(11-13-21)26(39)32-14-2-3-22(28(41)42)35-27(40)19-7-4-17(5-8-19)6-9-20-15-33-25-23(20)24(30)36-29(31)37-25/h4-5,7-8,10-13,15,22H,2-3,6,9,14H2,1H3,(H,32,39)(H,34,38)(H,35,40)(H,41,42)(H5,30,31,33,36,37)/t22-/m0/s1. The summed E-state index contributed by atoms with van der Waals surface area (Å²) in [5.41, 5.74) is 15.5. The largest absolute Gasteiger partial charge is 0.480 e. The number of hydrogen-bond acceptors (Lipinski definition) is 8. The Hall–Kier alpha value is -5.46. The van der Waals surface area contributed by atoms with Crippen LogP contribution >= 0.6 is 0 Å². The van der Waals surface area contributed by atoms with Crippen LogP contribution in [0.1, 0.15) is 51.6 Å². The molecule has 0 saturated heterocycles. The van der Waals surface area contributed by atoms with Gasteiger partial charge in [0.25, 0.3) is 11.8 Å². The summed E-state index contributed by atoms with van der Waals surface area (Å²) in [6.07, 6.45) is 3.61. The number of carbonyl (C=O) groups is 4. The molecule has 0 aliphatic heterocycles. The Morgan fingerprint density at radius 1 is 0.929 bits per heavy atom. The smallest absolute Gasteiger partial charge is 0.326 e. The van der Waals surface area contributed by atoms with Crippen molar-refractivity contribution in [1.29, 1.82) is 0 Å². The van der Waals surface area contributed by atoms with E-state index in [1.54, 1.807) is 36.4 Å². The Morgan fingerprint density at radius 3 is 2.26 bits per heavy atom. The molecular weight excluding hydrogens is 540 g/mol. The molecular formula is C29H32N8O5. The average Bonchev–Trinajstić information content (AvgIpc) is 3.36. The van der Waals surface area contributed by atoms with Gasteiger partial charge in [0.05, 0.1) is 5.39 Å². The van der Waals surface area contributed by atoms with Crippen molar-refractivity contribution < 1.29 is 24.3 Å². The number of fused-ring (bicyclic) bond motifs is 1. The molecule has 0 aliphatic rings. The van der Waals surface area contributed by atoms with Gasteiger partial charge < -0.3 is 37.5 Å². The van der Waals surface area contributed by atoms with Crippen LogP contribution in [0.4, 0.5) is 17.5 Å². The van der Waals surface area contributed by atoms with Crippen molar-refractivity contribution in [3.05, 3.63) is 77.0 Å². The van der Waals surface area contributed by atoms with Gasteiger partial charge >= 0.3 is 5.97 Å². The zero-order chi connectivity index (χ0) is 30.2. The third-order valence-corrected chi connectivity index (χ3v) is 6.58. The van der Waals surface area contributed by atoms with Crippen LogP contribution in [0.3, 0.4) is 0 Å². The molecule has 1 atom stereocenters. The van der Waals surface area contributed by atoms with Gasteiger partial charge in [-0.3, -0.25) is 14.4 Å². The number of carboxylic acid groups (broad SMARTS) is 1. The van der Waals surface area contributed by atoms with Crippen LogP contribution in [0.5, 0.6) is 0 Å². The van der Waals surface area contributed by atoms with Gasteiger partial charge in [0.1, 0.15) is 17.5 Å². The number of aryl methyl sites for hydroxylation is 2. The van der Waals surface area contributed by atoms with Gasteiger partial charge in [-0.05, 0) is 73.2 Å². The molecule has 0 aliphatic carbocycles. The van der Waals surface area contributed by atoms with Crippen molar-refractivity contribution in [2.75, 3.05) is 23.3 Å². The second-order valence-corrected chi connectivity index (χ2v) is 9.72. The van der Waals surface area contributed by atoms with Gasteiger partial charge in [0, 0.05) is 36.5 Å². The lowest BCUT2D eigenvalue weighted by molar-refractivity contribution is -0.139. The Balaban J connectivity index is 1.24. The summed E-state index contributed by atoms with van der Waals surface area (Å²) in [6.45, 7) is 1.62. The monoisotopic (exact) mass is 572 g/mol. The molecule has 13 nitrogen and oxygen atoms in total. The van der Waals surface area contributed by atoms with E-state index in [0.717, 1.165) is 16.5 Å². The maximum atomic E-state index is 12.7. The fraction of sp³-hybridized carbons (Fsp3) is 0.241. The lowest BCUT2D eigenvalue weighted by Crippen LogP contribution is -2.41. The minimum atomic E-state index is -1.16. The number of carbonyl (C=O) groups excluding carboxylic acids is 3. The van der Waals surface area contributed by atoms with Crippen molar-refractivity contribution in [3.63, 3.8) is 0 Å². The van der Waals surface area contributed by atoms with Crippen LogP contribution < -0.4 is 27.4 Å².